The second kappa shape index (κ2) is 2.88. The largest absolute Gasteiger partial charge is 0.384 e. The summed E-state index contributed by atoms with van der Waals surface area (Å²) in [6.07, 6.45) is 3.56. The fraction of sp³-hybridized carbons (Fsp3) is 0. The number of para-hydroxylation sites is 1. The van der Waals surface area contributed by atoms with Gasteiger partial charge < -0.3 is 15.7 Å². The van der Waals surface area contributed by atoms with Gasteiger partial charge in [-0.25, -0.2) is 4.98 Å². The van der Waals surface area contributed by atoms with Crippen LogP contribution < -0.4 is 5.73 Å². The molecule has 74 valence electrons. The first-order valence-corrected chi connectivity index (χ1v) is 4.71. The second-order valence-electron chi connectivity index (χ2n) is 3.44. The van der Waals surface area contributed by atoms with Crippen LogP contribution in [0.15, 0.2) is 36.7 Å². The lowest BCUT2D eigenvalue weighted by molar-refractivity contribution is 1.31. The molecule has 0 saturated carbocycles. The van der Waals surface area contributed by atoms with Crippen molar-refractivity contribution in [2.75, 3.05) is 5.73 Å². The molecule has 0 bridgehead atoms. The maximum Gasteiger partial charge on any atom is 0.141 e. The first kappa shape index (κ1) is 8.11. The summed E-state index contributed by atoms with van der Waals surface area (Å²) in [5.74, 6) is 1.38. The minimum Gasteiger partial charge on any atom is -0.384 e. The maximum absolute atomic E-state index is 5.60. The number of nitrogen functional groups attached to an aromatic ring is 1. The molecule has 4 heteroatoms. The zero-order valence-electron chi connectivity index (χ0n) is 7.99. The Hall–Kier alpha value is -2.23. The number of benzene rings is 1. The predicted molar refractivity (Wildman–Crippen MR) is 60.3 cm³/mol. The standard InChI is InChI=1S/C11H10N4/c12-10-6-14-11(15-10)8-5-13-9-4-2-1-3-7(8)9/h1-6,13H,12H2,(H,14,15). The summed E-state index contributed by atoms with van der Waals surface area (Å²) in [6.45, 7) is 0. The molecule has 0 radical (unpaired) electrons. The summed E-state index contributed by atoms with van der Waals surface area (Å²) in [4.78, 5) is 10.4. The molecule has 2 heterocycles. The summed E-state index contributed by atoms with van der Waals surface area (Å²) in [7, 11) is 0. The van der Waals surface area contributed by atoms with Gasteiger partial charge in [0.2, 0.25) is 0 Å². The smallest absolute Gasteiger partial charge is 0.141 e. The van der Waals surface area contributed by atoms with Gasteiger partial charge >= 0.3 is 0 Å². The SMILES string of the molecule is Nc1cnc(-c2c[nH]c3ccccc23)[nH]1. The van der Waals surface area contributed by atoms with Gasteiger partial charge in [0.25, 0.3) is 0 Å². The number of rotatable bonds is 1. The second-order valence-corrected chi connectivity index (χ2v) is 3.44. The van der Waals surface area contributed by atoms with Gasteiger partial charge in [0, 0.05) is 22.7 Å². The van der Waals surface area contributed by atoms with Crippen LogP contribution in [0.1, 0.15) is 0 Å². The molecule has 0 spiro atoms. The third-order valence-electron chi connectivity index (χ3n) is 2.44. The van der Waals surface area contributed by atoms with Crippen molar-refractivity contribution < 1.29 is 0 Å². The highest BCUT2D eigenvalue weighted by Gasteiger charge is 2.07. The molecular formula is C11H10N4. The van der Waals surface area contributed by atoms with E-state index in [-0.39, 0.29) is 0 Å². The molecule has 4 nitrogen and oxygen atoms in total. The molecule has 0 atom stereocenters. The Bertz CT molecular complexity index is 606. The van der Waals surface area contributed by atoms with E-state index in [1.807, 2.05) is 24.4 Å². The van der Waals surface area contributed by atoms with Crippen LogP contribution in [0.4, 0.5) is 5.82 Å². The van der Waals surface area contributed by atoms with Gasteiger partial charge in [0.1, 0.15) is 11.6 Å². The molecular weight excluding hydrogens is 188 g/mol. The number of H-pyrrole nitrogens is 2. The van der Waals surface area contributed by atoms with Crippen molar-refractivity contribution in [3.05, 3.63) is 36.7 Å². The van der Waals surface area contributed by atoms with E-state index in [4.69, 9.17) is 5.73 Å². The third kappa shape index (κ3) is 1.19. The van der Waals surface area contributed by atoms with Gasteiger partial charge in [-0.3, -0.25) is 0 Å². The number of hydrogen-bond acceptors (Lipinski definition) is 2. The van der Waals surface area contributed by atoms with E-state index >= 15 is 0 Å². The van der Waals surface area contributed by atoms with Gasteiger partial charge in [-0.05, 0) is 6.07 Å². The Morgan fingerprint density at radius 3 is 2.87 bits per heavy atom. The molecule has 15 heavy (non-hydrogen) atoms. The number of anilines is 1. The molecule has 0 unspecified atom stereocenters. The van der Waals surface area contributed by atoms with Crippen LogP contribution in [0, 0.1) is 0 Å². The van der Waals surface area contributed by atoms with Crippen LogP contribution in [0.3, 0.4) is 0 Å². The molecule has 0 aliphatic rings. The van der Waals surface area contributed by atoms with Crippen molar-refractivity contribution in [1.29, 1.82) is 0 Å². The van der Waals surface area contributed by atoms with E-state index < -0.39 is 0 Å². The topological polar surface area (TPSA) is 70.5 Å². The summed E-state index contributed by atoms with van der Waals surface area (Å²) in [5.41, 5.74) is 7.74. The van der Waals surface area contributed by atoms with Gasteiger partial charge in [-0.2, -0.15) is 0 Å². The molecule has 0 aliphatic carbocycles. The highest BCUT2D eigenvalue weighted by atomic mass is 15.0. The highest BCUT2D eigenvalue weighted by Crippen LogP contribution is 2.26. The maximum atomic E-state index is 5.60. The van der Waals surface area contributed by atoms with Crippen molar-refractivity contribution in [1.82, 2.24) is 15.0 Å². The molecule has 2 aromatic heterocycles. The zero-order valence-corrected chi connectivity index (χ0v) is 7.99. The number of nitrogens with two attached hydrogens (primary N) is 1. The first-order chi connectivity index (χ1) is 7.34. The van der Waals surface area contributed by atoms with E-state index in [0.29, 0.717) is 5.82 Å². The van der Waals surface area contributed by atoms with Gasteiger partial charge in [-0.1, -0.05) is 18.2 Å². The third-order valence-corrected chi connectivity index (χ3v) is 2.44. The molecule has 3 aromatic rings. The van der Waals surface area contributed by atoms with Crippen LogP contribution in [0.5, 0.6) is 0 Å². The average Bonchev–Trinajstić information content (AvgIpc) is 2.83. The van der Waals surface area contributed by atoms with Gasteiger partial charge in [0.05, 0.1) is 6.20 Å². The van der Waals surface area contributed by atoms with E-state index in [1.165, 1.54) is 0 Å². The number of aromatic nitrogens is 3. The number of hydrogen-bond donors (Lipinski definition) is 3. The van der Waals surface area contributed by atoms with Crippen LogP contribution >= 0.6 is 0 Å². The highest BCUT2D eigenvalue weighted by molar-refractivity contribution is 5.93. The minimum absolute atomic E-state index is 0.579. The number of nitrogens with one attached hydrogen (secondary N) is 2. The minimum atomic E-state index is 0.579. The number of fused-ring (bicyclic) bond motifs is 1. The molecule has 0 amide bonds. The Morgan fingerprint density at radius 1 is 1.20 bits per heavy atom. The lowest BCUT2D eigenvalue weighted by Crippen LogP contribution is -1.83. The van der Waals surface area contributed by atoms with E-state index in [2.05, 4.69) is 21.0 Å². The van der Waals surface area contributed by atoms with E-state index in [0.717, 1.165) is 22.3 Å². The normalized spacial score (nSPS) is 10.9. The van der Waals surface area contributed by atoms with Crippen molar-refractivity contribution in [3.63, 3.8) is 0 Å². The van der Waals surface area contributed by atoms with Gasteiger partial charge in [0.15, 0.2) is 0 Å². The number of aromatic amines is 2. The first-order valence-electron chi connectivity index (χ1n) is 4.71. The Labute approximate surface area is 86.1 Å². The Morgan fingerprint density at radius 2 is 2.07 bits per heavy atom. The van der Waals surface area contributed by atoms with Crippen LogP contribution in [0.25, 0.3) is 22.3 Å². The van der Waals surface area contributed by atoms with Crippen molar-refractivity contribution in [2.24, 2.45) is 0 Å². The average molecular weight is 198 g/mol. The van der Waals surface area contributed by atoms with E-state index in [1.54, 1.807) is 6.20 Å². The van der Waals surface area contributed by atoms with Crippen LogP contribution in [-0.4, -0.2) is 15.0 Å². The Kier molecular flexibility index (Phi) is 1.56. The molecule has 0 aliphatic heterocycles. The van der Waals surface area contributed by atoms with Crippen LogP contribution in [-0.2, 0) is 0 Å². The lowest BCUT2D eigenvalue weighted by atomic mass is 10.2. The van der Waals surface area contributed by atoms with E-state index in [9.17, 15) is 0 Å². The van der Waals surface area contributed by atoms with Crippen molar-refractivity contribution in [2.45, 2.75) is 0 Å². The zero-order chi connectivity index (χ0) is 10.3. The molecule has 4 N–H and O–H groups in total. The monoisotopic (exact) mass is 198 g/mol. The molecule has 1 aromatic carbocycles. The number of nitrogens with zero attached hydrogens (tertiary/aromatic N) is 1. The van der Waals surface area contributed by atoms with Crippen molar-refractivity contribution >= 4 is 16.7 Å². The summed E-state index contributed by atoms with van der Waals surface area (Å²) < 4.78 is 0. The lowest BCUT2D eigenvalue weighted by Gasteiger charge is -1.93. The fourth-order valence-corrected chi connectivity index (χ4v) is 1.74. The fourth-order valence-electron chi connectivity index (χ4n) is 1.74. The van der Waals surface area contributed by atoms with Crippen molar-refractivity contribution in [3.8, 4) is 11.4 Å². The predicted octanol–water partition coefficient (Wildman–Crippen LogP) is 2.14. The quantitative estimate of drug-likeness (QED) is 0.560. The molecule has 0 fully saturated rings. The van der Waals surface area contributed by atoms with Gasteiger partial charge in [-0.15, -0.1) is 0 Å². The Balaban J connectivity index is 2.27. The molecule has 0 saturated heterocycles. The number of imidazole rings is 1. The van der Waals surface area contributed by atoms with Crippen LogP contribution in [0.2, 0.25) is 0 Å². The summed E-state index contributed by atoms with van der Waals surface area (Å²) in [6, 6.07) is 8.09. The summed E-state index contributed by atoms with van der Waals surface area (Å²) >= 11 is 0. The molecule has 3 rings (SSSR count). The summed E-state index contributed by atoms with van der Waals surface area (Å²) in [5, 5.41) is 1.15.